The second-order valence-electron chi connectivity index (χ2n) is 3.69. The van der Waals surface area contributed by atoms with Crippen molar-refractivity contribution >= 4 is 11.0 Å². The maximum Gasteiger partial charge on any atom is 0.287 e. The van der Waals surface area contributed by atoms with Gasteiger partial charge in [0.05, 0.1) is 5.39 Å². The molecule has 17 heavy (non-hydrogen) atoms. The highest BCUT2D eigenvalue weighted by molar-refractivity contribution is 5.76. The highest BCUT2D eigenvalue weighted by Crippen LogP contribution is 2.13. The first-order valence-electron chi connectivity index (χ1n) is 5.15. The molecule has 2 aromatic heterocycles. The van der Waals surface area contributed by atoms with Crippen molar-refractivity contribution < 1.29 is 4.52 Å². The Kier molecular flexibility index (Phi) is 2.21. The van der Waals surface area contributed by atoms with Crippen LogP contribution in [0, 0.1) is 0 Å². The summed E-state index contributed by atoms with van der Waals surface area (Å²) in [5.74, 6) is 0.667. The Morgan fingerprint density at radius 1 is 1.29 bits per heavy atom. The van der Waals surface area contributed by atoms with E-state index in [1.54, 1.807) is 6.07 Å². The topological polar surface area (TPSA) is 100 Å². The lowest BCUT2D eigenvalue weighted by molar-refractivity contribution is 0.449. The minimum atomic E-state index is -0.204. The lowest BCUT2D eigenvalue weighted by Crippen LogP contribution is -1.97. The van der Waals surface area contributed by atoms with Crippen LogP contribution in [0.3, 0.4) is 0 Å². The number of nitrogens with zero attached hydrogens (tertiary/aromatic N) is 3. The predicted octanol–water partition coefficient (Wildman–Crippen LogP) is 0.419. The van der Waals surface area contributed by atoms with Crippen LogP contribution in [-0.4, -0.2) is 25.8 Å². The number of aryl methyl sites for hydroxylation is 2. The lowest BCUT2D eigenvalue weighted by Gasteiger charge is -1.97. The fourth-order valence-corrected chi connectivity index (χ4v) is 1.70. The van der Waals surface area contributed by atoms with Gasteiger partial charge in [0.1, 0.15) is 0 Å². The Balaban J connectivity index is 1.83. The number of benzene rings is 1. The van der Waals surface area contributed by atoms with Crippen LogP contribution in [-0.2, 0) is 12.8 Å². The Hall–Kier alpha value is -2.44. The number of tetrazole rings is 1. The largest absolute Gasteiger partial charge is 0.378 e. The predicted molar refractivity (Wildman–Crippen MR) is 58.4 cm³/mol. The van der Waals surface area contributed by atoms with E-state index in [1.807, 2.05) is 12.1 Å². The number of nitrogens with one attached hydrogen (secondary N) is 2. The summed E-state index contributed by atoms with van der Waals surface area (Å²) < 4.78 is 5.04. The van der Waals surface area contributed by atoms with Crippen molar-refractivity contribution in [2.75, 3.05) is 0 Å². The molecule has 3 rings (SSSR count). The van der Waals surface area contributed by atoms with Gasteiger partial charge in [0.2, 0.25) is 0 Å². The highest BCUT2D eigenvalue weighted by Gasteiger charge is 2.05. The zero-order chi connectivity index (χ0) is 11.7. The highest BCUT2D eigenvalue weighted by atomic mass is 16.5. The van der Waals surface area contributed by atoms with Crippen molar-refractivity contribution in [3.63, 3.8) is 0 Å². The SMILES string of the molecule is O=c1[nH]oc2cc(CCc3nn[nH]n3)ccc12. The molecular formula is C10H9N5O2. The van der Waals surface area contributed by atoms with Gasteiger partial charge in [0.15, 0.2) is 11.4 Å². The van der Waals surface area contributed by atoms with Crippen molar-refractivity contribution in [3.8, 4) is 0 Å². The number of hydrogen-bond donors (Lipinski definition) is 2. The van der Waals surface area contributed by atoms with Crippen LogP contribution in [0.25, 0.3) is 11.0 Å². The van der Waals surface area contributed by atoms with Crippen LogP contribution in [0.15, 0.2) is 27.5 Å². The molecule has 2 heterocycles. The van der Waals surface area contributed by atoms with E-state index in [0.29, 0.717) is 23.2 Å². The Morgan fingerprint density at radius 2 is 2.24 bits per heavy atom. The average Bonchev–Trinajstić information content (AvgIpc) is 2.97. The summed E-state index contributed by atoms with van der Waals surface area (Å²) in [6.45, 7) is 0. The summed E-state index contributed by atoms with van der Waals surface area (Å²) in [5.41, 5.74) is 1.43. The van der Waals surface area contributed by atoms with Crippen molar-refractivity contribution in [1.82, 2.24) is 25.8 Å². The molecule has 3 aromatic rings. The molecule has 0 saturated carbocycles. The van der Waals surface area contributed by atoms with E-state index < -0.39 is 0 Å². The molecule has 0 fully saturated rings. The molecule has 0 atom stereocenters. The summed E-state index contributed by atoms with van der Waals surface area (Å²) in [7, 11) is 0. The van der Waals surface area contributed by atoms with Crippen LogP contribution in [0.5, 0.6) is 0 Å². The maximum atomic E-state index is 11.3. The number of hydrogen-bond acceptors (Lipinski definition) is 5. The summed E-state index contributed by atoms with van der Waals surface area (Å²) in [5, 5.41) is 16.5. The maximum absolute atomic E-state index is 11.3. The molecule has 86 valence electrons. The first-order valence-corrected chi connectivity index (χ1v) is 5.15. The van der Waals surface area contributed by atoms with Gasteiger partial charge in [0.25, 0.3) is 5.56 Å². The van der Waals surface area contributed by atoms with Crippen LogP contribution in [0.2, 0.25) is 0 Å². The Morgan fingerprint density at radius 3 is 3.06 bits per heavy atom. The van der Waals surface area contributed by atoms with Crippen molar-refractivity contribution in [2.45, 2.75) is 12.8 Å². The van der Waals surface area contributed by atoms with Gasteiger partial charge in [-0.05, 0) is 24.1 Å². The quantitative estimate of drug-likeness (QED) is 0.680. The molecule has 0 amide bonds. The van der Waals surface area contributed by atoms with Gasteiger partial charge in [-0.2, -0.15) is 10.4 Å². The zero-order valence-corrected chi connectivity index (χ0v) is 8.80. The van der Waals surface area contributed by atoms with Crippen molar-refractivity contribution in [2.24, 2.45) is 0 Å². The Bertz CT molecular complexity index is 682. The number of aromatic nitrogens is 5. The summed E-state index contributed by atoms with van der Waals surface area (Å²) in [6.07, 6.45) is 1.46. The van der Waals surface area contributed by atoms with E-state index in [1.165, 1.54) is 0 Å². The van der Waals surface area contributed by atoms with Crippen LogP contribution in [0.1, 0.15) is 11.4 Å². The van der Waals surface area contributed by atoms with E-state index in [4.69, 9.17) is 4.52 Å². The second kappa shape index (κ2) is 3.85. The molecule has 2 N–H and O–H groups in total. The molecule has 7 nitrogen and oxygen atoms in total. The van der Waals surface area contributed by atoms with Gasteiger partial charge in [-0.25, -0.2) is 0 Å². The first-order chi connectivity index (χ1) is 8.33. The number of rotatable bonds is 3. The molecule has 0 aliphatic heterocycles. The normalized spacial score (nSPS) is 11.1. The van der Waals surface area contributed by atoms with Crippen molar-refractivity contribution in [3.05, 3.63) is 39.9 Å². The molecule has 0 radical (unpaired) electrons. The van der Waals surface area contributed by atoms with Crippen molar-refractivity contribution in [1.29, 1.82) is 0 Å². The third-order valence-electron chi connectivity index (χ3n) is 2.57. The van der Waals surface area contributed by atoms with E-state index in [2.05, 4.69) is 25.8 Å². The van der Waals surface area contributed by atoms with Crippen LogP contribution in [0.4, 0.5) is 0 Å². The second-order valence-corrected chi connectivity index (χ2v) is 3.69. The van der Waals surface area contributed by atoms with E-state index >= 15 is 0 Å². The number of aromatic amines is 2. The monoisotopic (exact) mass is 231 g/mol. The third-order valence-corrected chi connectivity index (χ3v) is 2.57. The van der Waals surface area contributed by atoms with Gasteiger partial charge >= 0.3 is 0 Å². The Labute approximate surface area is 94.8 Å². The lowest BCUT2D eigenvalue weighted by atomic mass is 10.1. The van der Waals surface area contributed by atoms with Crippen LogP contribution >= 0.6 is 0 Å². The third kappa shape index (κ3) is 1.82. The molecular weight excluding hydrogens is 222 g/mol. The zero-order valence-electron chi connectivity index (χ0n) is 8.80. The molecule has 0 unspecified atom stereocenters. The fourth-order valence-electron chi connectivity index (χ4n) is 1.70. The van der Waals surface area contributed by atoms with Crippen LogP contribution < -0.4 is 5.56 Å². The van der Waals surface area contributed by atoms with E-state index in [-0.39, 0.29) is 5.56 Å². The van der Waals surface area contributed by atoms with Gasteiger partial charge in [-0.1, -0.05) is 11.3 Å². The molecule has 0 aliphatic rings. The van der Waals surface area contributed by atoms with Gasteiger partial charge in [0, 0.05) is 6.42 Å². The molecule has 1 aromatic carbocycles. The summed E-state index contributed by atoms with van der Waals surface area (Å²) in [4.78, 5) is 11.3. The smallest absolute Gasteiger partial charge is 0.287 e. The minimum absolute atomic E-state index is 0.204. The summed E-state index contributed by atoms with van der Waals surface area (Å²) >= 11 is 0. The van der Waals surface area contributed by atoms with E-state index in [9.17, 15) is 4.79 Å². The number of H-pyrrole nitrogens is 2. The molecule has 0 saturated heterocycles. The first kappa shape index (κ1) is 9.76. The summed E-state index contributed by atoms with van der Waals surface area (Å²) in [6, 6.07) is 5.49. The molecule has 7 heteroatoms. The van der Waals surface area contributed by atoms with Gasteiger partial charge < -0.3 is 4.52 Å². The van der Waals surface area contributed by atoms with Gasteiger partial charge in [-0.15, -0.1) is 10.2 Å². The minimum Gasteiger partial charge on any atom is -0.378 e. The number of fused-ring (bicyclic) bond motifs is 1. The van der Waals surface area contributed by atoms with Gasteiger partial charge in [-0.3, -0.25) is 4.79 Å². The fraction of sp³-hybridized carbons (Fsp3) is 0.200. The average molecular weight is 231 g/mol. The van der Waals surface area contributed by atoms with E-state index in [0.717, 1.165) is 12.0 Å². The molecule has 0 aliphatic carbocycles. The molecule has 0 spiro atoms. The molecule has 0 bridgehead atoms. The standard InChI is InChI=1S/C10H9N5O2/c16-10-7-3-1-6(5-8(7)17-13-10)2-4-9-11-14-15-12-9/h1,3,5H,2,4H2,(H,13,16)(H,11,12,14,15).